The van der Waals surface area contributed by atoms with Crippen LogP contribution in [0.2, 0.25) is 0 Å². The first kappa shape index (κ1) is 25.4. The number of fused-ring (bicyclic) bond motifs is 6. The van der Waals surface area contributed by atoms with Crippen LogP contribution in [0, 0.1) is 0 Å². The summed E-state index contributed by atoms with van der Waals surface area (Å²) in [6.45, 7) is 0. The molecular weight excluding hydrogens is 550 g/mol. The Bertz CT molecular complexity index is 2490. The molecule has 0 fully saturated rings. The van der Waals surface area contributed by atoms with E-state index in [-0.39, 0.29) is 0 Å². The van der Waals surface area contributed by atoms with Gasteiger partial charge in [-0.1, -0.05) is 109 Å². The minimum atomic E-state index is 0.641. The molecule has 0 aliphatic rings. The first-order valence-electron chi connectivity index (χ1n) is 15.1. The summed E-state index contributed by atoms with van der Waals surface area (Å²) in [4.78, 5) is 14.9. The molecule has 0 radical (unpaired) electrons. The molecule has 5 heteroatoms. The minimum Gasteiger partial charge on any atom is -0.344 e. The predicted molar refractivity (Wildman–Crippen MR) is 184 cm³/mol. The Labute approximate surface area is 259 Å². The SMILES string of the molecule is Cn1c2ccccc2c2cc3c(cc21)c1ccccc1n3-c1cccc(-c2nc(-c3ccccc3)nc(-c3ccccc3)n2)c1. The summed E-state index contributed by atoms with van der Waals surface area (Å²) in [5.41, 5.74) is 8.69. The van der Waals surface area contributed by atoms with E-state index in [2.05, 4.69) is 101 Å². The first-order valence-corrected chi connectivity index (χ1v) is 15.1. The Balaban J connectivity index is 1.28. The molecule has 5 nitrogen and oxygen atoms in total. The number of nitrogens with zero attached hydrogens (tertiary/aromatic N) is 5. The lowest BCUT2D eigenvalue weighted by Gasteiger charge is -2.11. The molecule has 212 valence electrons. The first-order chi connectivity index (χ1) is 22.2. The Kier molecular flexibility index (Phi) is 5.65. The molecule has 0 atom stereocenters. The lowest BCUT2D eigenvalue weighted by atomic mass is 10.1. The van der Waals surface area contributed by atoms with Crippen molar-refractivity contribution < 1.29 is 0 Å². The molecule has 0 aliphatic heterocycles. The van der Waals surface area contributed by atoms with Gasteiger partial charge in [0.1, 0.15) is 0 Å². The number of aryl methyl sites for hydroxylation is 1. The Hall–Kier alpha value is -6.07. The lowest BCUT2D eigenvalue weighted by Crippen LogP contribution is -2.01. The van der Waals surface area contributed by atoms with Gasteiger partial charge in [-0.2, -0.15) is 0 Å². The number of hydrogen-bond acceptors (Lipinski definition) is 3. The highest BCUT2D eigenvalue weighted by Crippen LogP contribution is 2.38. The zero-order valence-electron chi connectivity index (χ0n) is 24.6. The smallest absolute Gasteiger partial charge is 0.164 e. The van der Waals surface area contributed by atoms with E-state index in [4.69, 9.17) is 15.0 Å². The van der Waals surface area contributed by atoms with Gasteiger partial charge in [0, 0.05) is 62.0 Å². The quantitative estimate of drug-likeness (QED) is 0.209. The van der Waals surface area contributed by atoms with Crippen LogP contribution >= 0.6 is 0 Å². The van der Waals surface area contributed by atoms with E-state index < -0.39 is 0 Å². The summed E-state index contributed by atoms with van der Waals surface area (Å²) >= 11 is 0. The van der Waals surface area contributed by atoms with Gasteiger partial charge in [0.05, 0.1) is 11.0 Å². The molecule has 0 unspecified atom stereocenters. The Morgan fingerprint density at radius 2 is 0.867 bits per heavy atom. The van der Waals surface area contributed by atoms with Gasteiger partial charge in [-0.3, -0.25) is 0 Å². The number of benzene rings is 6. The normalized spacial score (nSPS) is 11.7. The molecular formula is C40H27N5. The third-order valence-corrected chi connectivity index (χ3v) is 8.77. The number of aromatic nitrogens is 5. The molecule has 0 spiro atoms. The Morgan fingerprint density at radius 1 is 0.378 bits per heavy atom. The van der Waals surface area contributed by atoms with Crippen LogP contribution in [-0.4, -0.2) is 24.1 Å². The molecule has 0 saturated carbocycles. The van der Waals surface area contributed by atoms with Crippen molar-refractivity contribution in [3.05, 3.63) is 146 Å². The van der Waals surface area contributed by atoms with Crippen molar-refractivity contribution in [3.63, 3.8) is 0 Å². The molecule has 6 aromatic carbocycles. The van der Waals surface area contributed by atoms with Gasteiger partial charge in [0.15, 0.2) is 17.5 Å². The zero-order valence-corrected chi connectivity index (χ0v) is 24.6. The van der Waals surface area contributed by atoms with Gasteiger partial charge in [0.2, 0.25) is 0 Å². The maximum absolute atomic E-state index is 4.99. The largest absolute Gasteiger partial charge is 0.344 e. The number of para-hydroxylation sites is 2. The summed E-state index contributed by atoms with van der Waals surface area (Å²) < 4.78 is 4.67. The molecule has 0 bridgehead atoms. The number of rotatable bonds is 4. The molecule has 3 aromatic heterocycles. The van der Waals surface area contributed by atoms with Gasteiger partial charge in [-0.05, 0) is 36.4 Å². The van der Waals surface area contributed by atoms with Crippen LogP contribution in [0.15, 0.2) is 146 Å². The van der Waals surface area contributed by atoms with Crippen molar-refractivity contribution in [1.82, 2.24) is 24.1 Å². The van der Waals surface area contributed by atoms with Crippen LogP contribution < -0.4 is 0 Å². The predicted octanol–water partition coefficient (Wildman–Crippen LogP) is 9.61. The average Bonchev–Trinajstić information content (AvgIpc) is 3.59. The Morgan fingerprint density at radius 3 is 1.53 bits per heavy atom. The zero-order chi connectivity index (χ0) is 29.9. The second-order valence-electron chi connectivity index (χ2n) is 11.4. The van der Waals surface area contributed by atoms with Crippen molar-refractivity contribution in [2.24, 2.45) is 7.05 Å². The van der Waals surface area contributed by atoms with Crippen LogP contribution in [0.25, 0.3) is 83.5 Å². The molecule has 0 amide bonds. The van der Waals surface area contributed by atoms with E-state index >= 15 is 0 Å². The van der Waals surface area contributed by atoms with Crippen molar-refractivity contribution in [1.29, 1.82) is 0 Å². The second kappa shape index (κ2) is 10.00. The van der Waals surface area contributed by atoms with Crippen LogP contribution in [0.4, 0.5) is 0 Å². The summed E-state index contributed by atoms with van der Waals surface area (Å²) in [6.07, 6.45) is 0. The van der Waals surface area contributed by atoms with E-state index in [1.165, 1.54) is 38.1 Å². The third-order valence-electron chi connectivity index (χ3n) is 8.77. The second-order valence-corrected chi connectivity index (χ2v) is 11.4. The van der Waals surface area contributed by atoms with E-state index in [1.54, 1.807) is 0 Å². The fraction of sp³-hybridized carbons (Fsp3) is 0.0250. The van der Waals surface area contributed by atoms with E-state index in [0.717, 1.165) is 27.9 Å². The highest BCUT2D eigenvalue weighted by atomic mass is 15.0. The molecule has 0 saturated heterocycles. The van der Waals surface area contributed by atoms with Gasteiger partial charge >= 0.3 is 0 Å². The highest BCUT2D eigenvalue weighted by molar-refractivity contribution is 6.18. The summed E-state index contributed by atoms with van der Waals surface area (Å²) in [5, 5.41) is 4.96. The van der Waals surface area contributed by atoms with Gasteiger partial charge in [0.25, 0.3) is 0 Å². The highest BCUT2D eigenvalue weighted by Gasteiger charge is 2.18. The summed E-state index contributed by atoms with van der Waals surface area (Å²) in [7, 11) is 2.15. The monoisotopic (exact) mass is 577 g/mol. The van der Waals surface area contributed by atoms with Crippen LogP contribution in [0.3, 0.4) is 0 Å². The van der Waals surface area contributed by atoms with Crippen LogP contribution in [-0.2, 0) is 7.05 Å². The standard InChI is InChI=1S/C40H27N5/c1-44-34-21-10-8-19-30(34)32-25-37-33(24-36(32)44)31-20-9-11-22-35(31)45(37)29-18-12-17-28(23-29)40-42-38(26-13-4-2-5-14-26)41-39(43-40)27-15-6-3-7-16-27/h2-25H,1H3. The maximum atomic E-state index is 4.99. The molecule has 9 rings (SSSR count). The van der Waals surface area contributed by atoms with Crippen molar-refractivity contribution in [2.45, 2.75) is 0 Å². The van der Waals surface area contributed by atoms with Gasteiger partial charge in [-0.15, -0.1) is 0 Å². The molecule has 45 heavy (non-hydrogen) atoms. The van der Waals surface area contributed by atoms with E-state index in [0.29, 0.717) is 17.5 Å². The van der Waals surface area contributed by atoms with E-state index in [1.807, 2.05) is 60.7 Å². The topological polar surface area (TPSA) is 48.5 Å². The van der Waals surface area contributed by atoms with Crippen molar-refractivity contribution in [2.75, 3.05) is 0 Å². The summed E-state index contributed by atoms with van der Waals surface area (Å²) in [6, 6.07) is 50.7. The molecule has 3 heterocycles. The fourth-order valence-corrected chi connectivity index (χ4v) is 6.62. The van der Waals surface area contributed by atoms with E-state index in [9.17, 15) is 0 Å². The molecule has 0 N–H and O–H groups in total. The lowest BCUT2D eigenvalue weighted by molar-refractivity contribution is 1.02. The molecule has 0 aliphatic carbocycles. The van der Waals surface area contributed by atoms with Crippen LogP contribution in [0.1, 0.15) is 0 Å². The molecule has 9 aromatic rings. The van der Waals surface area contributed by atoms with Crippen molar-refractivity contribution >= 4 is 43.6 Å². The van der Waals surface area contributed by atoms with Crippen LogP contribution in [0.5, 0.6) is 0 Å². The maximum Gasteiger partial charge on any atom is 0.164 e. The minimum absolute atomic E-state index is 0.641. The summed E-state index contributed by atoms with van der Waals surface area (Å²) in [5.74, 6) is 1.95. The average molecular weight is 578 g/mol. The van der Waals surface area contributed by atoms with Gasteiger partial charge < -0.3 is 9.13 Å². The van der Waals surface area contributed by atoms with Gasteiger partial charge in [-0.25, -0.2) is 15.0 Å². The van der Waals surface area contributed by atoms with Crippen molar-refractivity contribution in [3.8, 4) is 39.9 Å². The third kappa shape index (κ3) is 4.05. The fourth-order valence-electron chi connectivity index (χ4n) is 6.62. The number of hydrogen-bond donors (Lipinski definition) is 0.